The van der Waals surface area contributed by atoms with E-state index in [0.717, 1.165) is 41.4 Å². The molecule has 2 saturated heterocycles. The lowest BCUT2D eigenvalue weighted by atomic mass is 9.76. The van der Waals surface area contributed by atoms with E-state index in [1.807, 2.05) is 0 Å². The Labute approximate surface area is 360 Å². The number of nitrogens with zero attached hydrogens (tertiary/aromatic N) is 7. The molecule has 3 aromatic heterocycles. The molecule has 0 radical (unpaired) electrons. The lowest BCUT2D eigenvalue weighted by Crippen LogP contribution is -2.67. The largest absolute Gasteiger partial charge is 0.489 e. The number of nitrogens with two attached hydrogens (primary N) is 2. The molecular weight excluding hydrogens is 904 g/mol. The first-order valence-electron chi connectivity index (χ1n) is 18.5. The van der Waals surface area contributed by atoms with Crippen LogP contribution in [-0.2, 0) is 41.8 Å². The summed E-state index contributed by atoms with van der Waals surface area (Å²) in [5, 5.41) is 34.8. The molecule has 10 atom stereocenters. The summed E-state index contributed by atoms with van der Waals surface area (Å²) < 4.78 is 60.3. The number of ether oxygens (including phenoxy) is 3. The van der Waals surface area contributed by atoms with E-state index in [4.69, 9.17) is 46.3 Å². The van der Waals surface area contributed by atoms with Gasteiger partial charge in [0.15, 0.2) is 29.5 Å². The fourth-order valence-corrected chi connectivity index (χ4v) is 8.74. The zero-order chi connectivity index (χ0) is 46.0. The van der Waals surface area contributed by atoms with Gasteiger partial charge in [0.2, 0.25) is 5.91 Å². The second kappa shape index (κ2) is 19.0. The van der Waals surface area contributed by atoms with Crippen LogP contribution in [0.1, 0.15) is 25.3 Å². The Bertz CT molecular complexity index is 2490. The van der Waals surface area contributed by atoms with E-state index < -0.39 is 107 Å². The van der Waals surface area contributed by atoms with E-state index in [-0.39, 0.29) is 46.4 Å². The zero-order valence-corrected chi connectivity index (χ0v) is 35.3. The van der Waals surface area contributed by atoms with Crippen molar-refractivity contribution in [2.45, 2.75) is 61.4 Å². The number of hydrogen-bond donors (Lipinski definition) is 8. The fourth-order valence-electron chi connectivity index (χ4n) is 7.25. The molecule has 2 fully saturated rings. The van der Waals surface area contributed by atoms with E-state index in [1.165, 1.54) is 22.8 Å². The molecule has 5 heterocycles. The lowest BCUT2D eigenvalue weighted by molar-refractivity contribution is -0.170. The van der Waals surface area contributed by atoms with E-state index in [1.54, 1.807) is 12.1 Å². The molecule has 1 aromatic carbocycles. The van der Waals surface area contributed by atoms with Crippen LogP contribution in [0.4, 0.5) is 11.6 Å². The topological polar surface area (TPSA) is 379 Å². The number of likely N-dealkylation sites (N-methyl/N-ethyl adjacent to an activating group) is 1. The number of nitrogen functional groups attached to an aromatic ring is 2. The number of phosphoric acid groups is 2. The monoisotopic (exact) mass is 945 g/mol. The quantitative estimate of drug-likeness (QED) is 0.0452. The van der Waals surface area contributed by atoms with Crippen LogP contribution < -0.4 is 21.9 Å². The van der Waals surface area contributed by atoms with Crippen LogP contribution >= 0.6 is 27.2 Å². The Morgan fingerprint density at radius 2 is 1.70 bits per heavy atom. The van der Waals surface area contributed by atoms with Gasteiger partial charge in [0.1, 0.15) is 54.4 Å². The van der Waals surface area contributed by atoms with Crippen LogP contribution in [0.15, 0.2) is 66.6 Å². The van der Waals surface area contributed by atoms with Gasteiger partial charge in [0.25, 0.3) is 0 Å². The Balaban J connectivity index is 1.38. The zero-order valence-electron chi connectivity index (χ0n) is 32.8. The first-order chi connectivity index (χ1) is 29.7. The van der Waals surface area contributed by atoms with Crippen LogP contribution in [-0.4, -0.2) is 139 Å². The number of carboxylic acids is 1. The van der Waals surface area contributed by atoms with Gasteiger partial charge in [0.05, 0.1) is 36.6 Å². The highest BCUT2D eigenvalue weighted by molar-refractivity contribution is 7.47. The molecule has 29 heteroatoms. The molecule has 26 nitrogen and oxygen atoms in total. The van der Waals surface area contributed by atoms with E-state index in [0.29, 0.717) is 0 Å². The second-order valence-electron chi connectivity index (χ2n) is 14.1. The highest BCUT2D eigenvalue weighted by atomic mass is 35.5. The first-order valence-corrected chi connectivity index (χ1v) is 21.9. The standard InChI is InChI=1S/C34H42ClN9O17P2/c1-3-4-9-22(45)42(2)34(32(48)49,14-56-18-8-6-5-7-17(18)35)23-19(59-30(25(23)46)44-16-40-24-28(37)38-15-39-29(24)44)12-58-63(54,55)61-27-20(13-57-62(51,52)53)60-31(26(27)47)43-11-10-21(36)41-33(43)50/h3,5-8,10-11,15-16,19-20,23,25-27,30-31,46-47H,1,4,9,12-14H2,2H3,(H,48,49)(H,54,55)(H2,36,41,50)(H2,37,38,39)(H2,51,52,53)/t19?,20-,23?,25?,26-,27-,30?,31-,34+/m1/s1. The Morgan fingerprint density at radius 3 is 2.37 bits per heavy atom. The summed E-state index contributed by atoms with van der Waals surface area (Å²) in [7, 11) is -9.64. The van der Waals surface area contributed by atoms with Gasteiger partial charge in [-0.05, 0) is 24.6 Å². The summed E-state index contributed by atoms with van der Waals surface area (Å²) in [6, 6.07) is 7.16. The number of aromatic nitrogens is 6. The van der Waals surface area contributed by atoms with Gasteiger partial charge in [-0.1, -0.05) is 29.8 Å². The lowest BCUT2D eigenvalue weighted by Gasteiger charge is -2.44. The summed E-state index contributed by atoms with van der Waals surface area (Å²) in [6.07, 6.45) is -8.37. The molecule has 6 rings (SSSR count). The van der Waals surface area contributed by atoms with E-state index in [2.05, 4.69) is 31.0 Å². The van der Waals surface area contributed by atoms with Gasteiger partial charge < -0.3 is 60.6 Å². The number of benzene rings is 1. The Kier molecular flexibility index (Phi) is 14.4. The average molecular weight is 946 g/mol. The van der Waals surface area contributed by atoms with Crippen molar-refractivity contribution in [1.29, 1.82) is 0 Å². The minimum Gasteiger partial charge on any atom is -0.489 e. The normalized spacial score (nSPS) is 25.6. The van der Waals surface area contributed by atoms with Crippen molar-refractivity contribution in [2.24, 2.45) is 5.92 Å². The van der Waals surface area contributed by atoms with Crippen molar-refractivity contribution in [3.8, 4) is 5.75 Å². The summed E-state index contributed by atoms with van der Waals surface area (Å²) in [6.45, 7) is 0.531. The number of aliphatic carboxylic acids is 1. The minimum atomic E-state index is -5.56. The number of aliphatic hydroxyl groups excluding tert-OH is 2. The third kappa shape index (κ3) is 10.1. The number of phosphoric ester groups is 2. The molecule has 5 unspecified atom stereocenters. The number of aliphatic hydroxyl groups is 2. The van der Waals surface area contributed by atoms with Crippen LogP contribution in [0.2, 0.25) is 5.02 Å². The highest BCUT2D eigenvalue weighted by Crippen LogP contribution is 2.51. The number of hydrogen-bond acceptors (Lipinski definition) is 19. The molecule has 1 amide bonds. The maximum absolute atomic E-state index is 13.8. The SMILES string of the molecule is C=CCCC(=O)N(C)[C@](COc1ccccc1Cl)(C(=O)O)C1C(COP(=O)(O)O[C@H]2[C@@H](O)[C@H](n3ccc(N)nc3=O)O[C@@H]2COP(=O)(O)O)OC(n2cnc3c(N)ncnc32)C1O. The van der Waals surface area contributed by atoms with Crippen molar-refractivity contribution in [2.75, 3.05) is 38.3 Å². The summed E-state index contributed by atoms with van der Waals surface area (Å²) in [5.74, 6) is -4.62. The summed E-state index contributed by atoms with van der Waals surface area (Å²) in [4.78, 5) is 86.7. The number of carbonyl (C=O) groups is 2. The van der Waals surface area contributed by atoms with Gasteiger partial charge in [-0.25, -0.2) is 33.7 Å². The van der Waals surface area contributed by atoms with Crippen LogP contribution in [0.3, 0.4) is 0 Å². The number of carboxylic acid groups (broad SMARTS) is 1. The number of fused-ring (bicyclic) bond motifs is 1. The van der Waals surface area contributed by atoms with Crippen molar-refractivity contribution in [3.63, 3.8) is 0 Å². The molecular formula is C34H42ClN9O17P2. The van der Waals surface area contributed by atoms with Crippen molar-refractivity contribution in [1.82, 2.24) is 34.0 Å². The molecule has 0 spiro atoms. The number of anilines is 2. The smallest absolute Gasteiger partial charge is 0.472 e. The molecule has 0 saturated carbocycles. The fraction of sp³-hybridized carbons (Fsp3) is 0.441. The van der Waals surface area contributed by atoms with Crippen LogP contribution in [0, 0.1) is 5.92 Å². The molecule has 342 valence electrons. The van der Waals surface area contributed by atoms with Crippen molar-refractivity contribution in [3.05, 3.63) is 77.3 Å². The molecule has 0 aliphatic carbocycles. The summed E-state index contributed by atoms with van der Waals surface area (Å²) >= 11 is 6.35. The van der Waals surface area contributed by atoms with Gasteiger partial charge in [0, 0.05) is 19.7 Å². The number of rotatable bonds is 19. The molecule has 0 bridgehead atoms. The van der Waals surface area contributed by atoms with Gasteiger partial charge in [-0.3, -0.25) is 27.5 Å². The molecule has 4 aromatic rings. The second-order valence-corrected chi connectivity index (χ2v) is 17.2. The molecule has 63 heavy (non-hydrogen) atoms. The first kappa shape index (κ1) is 47.6. The Hall–Kier alpha value is -4.92. The third-order valence-corrected chi connectivity index (χ3v) is 12.1. The van der Waals surface area contributed by atoms with Gasteiger partial charge in [-0.2, -0.15) is 4.98 Å². The van der Waals surface area contributed by atoms with Gasteiger partial charge >= 0.3 is 27.3 Å². The number of para-hydroxylation sites is 1. The average Bonchev–Trinajstić information content (AvgIpc) is 3.89. The van der Waals surface area contributed by atoms with Crippen molar-refractivity contribution >= 4 is 61.9 Å². The number of imidazole rings is 1. The maximum atomic E-state index is 13.8. The third-order valence-electron chi connectivity index (χ3n) is 10.3. The van der Waals surface area contributed by atoms with Crippen LogP contribution in [0.25, 0.3) is 11.2 Å². The molecule has 10 N–H and O–H groups in total. The minimum absolute atomic E-state index is 0.00967. The van der Waals surface area contributed by atoms with E-state index in [9.17, 15) is 53.5 Å². The number of allylic oxidation sites excluding steroid dienone is 1. The predicted octanol–water partition coefficient (Wildman–Crippen LogP) is -0.0277. The number of carbonyl (C=O) groups excluding carboxylic acids is 1. The maximum Gasteiger partial charge on any atom is 0.472 e. The van der Waals surface area contributed by atoms with Crippen molar-refractivity contribution < 1.29 is 76.5 Å². The van der Waals surface area contributed by atoms with E-state index >= 15 is 0 Å². The highest BCUT2D eigenvalue weighted by Gasteiger charge is 2.63. The molecule has 2 aliphatic heterocycles. The summed E-state index contributed by atoms with van der Waals surface area (Å²) in [5.41, 5.74) is 7.95. The molecule has 2 aliphatic rings. The van der Waals surface area contributed by atoms with Crippen LogP contribution in [0.5, 0.6) is 5.75 Å². The number of halogens is 1. The van der Waals surface area contributed by atoms with Gasteiger partial charge in [-0.15, -0.1) is 6.58 Å². The number of amides is 1. The Morgan fingerprint density at radius 1 is 1.02 bits per heavy atom. The predicted molar refractivity (Wildman–Crippen MR) is 214 cm³/mol.